The molecule has 0 N–H and O–H groups in total. The monoisotopic (exact) mass is 370 g/mol. The molecule has 0 saturated carbocycles. The molecule has 2 rings (SSSR count). The number of methoxy groups -OCH3 is 1. The van der Waals surface area contributed by atoms with Gasteiger partial charge in [0.1, 0.15) is 0 Å². The summed E-state index contributed by atoms with van der Waals surface area (Å²) in [6.45, 7) is 7.63. The van der Waals surface area contributed by atoms with Crippen LogP contribution < -0.4 is 9.47 Å². The molecule has 0 saturated heterocycles. The van der Waals surface area contributed by atoms with E-state index in [1.54, 1.807) is 18.2 Å². The van der Waals surface area contributed by atoms with Gasteiger partial charge in [0.15, 0.2) is 30.5 Å². The predicted molar refractivity (Wildman–Crippen MR) is 104 cm³/mol. The van der Waals surface area contributed by atoms with Gasteiger partial charge < -0.3 is 14.2 Å². The minimum absolute atomic E-state index is 0.0163. The number of ketones is 1. The highest BCUT2D eigenvalue weighted by Crippen LogP contribution is 2.27. The van der Waals surface area contributed by atoms with E-state index in [0.29, 0.717) is 17.1 Å². The van der Waals surface area contributed by atoms with Gasteiger partial charge in [-0.1, -0.05) is 51.1 Å². The molecule has 27 heavy (non-hydrogen) atoms. The van der Waals surface area contributed by atoms with Gasteiger partial charge >= 0.3 is 5.97 Å². The number of rotatable bonds is 7. The first-order chi connectivity index (χ1) is 12.7. The number of hydrogen-bond donors (Lipinski definition) is 0. The smallest absolute Gasteiger partial charge is 0.344 e. The van der Waals surface area contributed by atoms with Crippen LogP contribution in [0.5, 0.6) is 11.5 Å². The first-order valence-electron chi connectivity index (χ1n) is 8.77. The molecule has 0 radical (unpaired) electrons. The van der Waals surface area contributed by atoms with Gasteiger partial charge in [-0.25, -0.2) is 4.79 Å². The van der Waals surface area contributed by atoms with Crippen LogP contribution in [0, 0.1) is 6.92 Å². The van der Waals surface area contributed by atoms with E-state index in [1.807, 2.05) is 31.2 Å². The van der Waals surface area contributed by atoms with Gasteiger partial charge in [0.05, 0.1) is 7.11 Å². The van der Waals surface area contributed by atoms with Crippen molar-refractivity contribution in [2.75, 3.05) is 20.3 Å². The van der Waals surface area contributed by atoms with E-state index in [4.69, 9.17) is 14.2 Å². The van der Waals surface area contributed by atoms with Crippen molar-refractivity contribution in [1.82, 2.24) is 0 Å². The minimum Gasteiger partial charge on any atom is -0.493 e. The fraction of sp³-hybridized carbons (Fsp3) is 0.364. The second kappa shape index (κ2) is 8.71. The van der Waals surface area contributed by atoms with Crippen molar-refractivity contribution in [2.45, 2.75) is 33.1 Å². The standard InChI is InChI=1S/C22H26O5/c1-15-6-11-19(20(12-15)25-5)26-14-21(24)27-13-18(23)16-7-9-17(10-8-16)22(2,3)4/h6-12H,13-14H2,1-5H3. The van der Waals surface area contributed by atoms with E-state index in [1.165, 1.54) is 7.11 Å². The number of hydrogen-bond acceptors (Lipinski definition) is 5. The van der Waals surface area contributed by atoms with E-state index >= 15 is 0 Å². The molecule has 0 heterocycles. The maximum Gasteiger partial charge on any atom is 0.344 e. The van der Waals surface area contributed by atoms with Crippen molar-refractivity contribution in [1.29, 1.82) is 0 Å². The van der Waals surface area contributed by atoms with Gasteiger partial charge in [0, 0.05) is 5.56 Å². The van der Waals surface area contributed by atoms with Crippen LogP contribution in [0.2, 0.25) is 0 Å². The van der Waals surface area contributed by atoms with E-state index in [2.05, 4.69) is 20.8 Å². The summed E-state index contributed by atoms with van der Waals surface area (Å²) in [5, 5.41) is 0. The number of carbonyl (C=O) groups is 2. The Morgan fingerprint density at radius 1 is 0.926 bits per heavy atom. The van der Waals surface area contributed by atoms with Crippen LogP contribution >= 0.6 is 0 Å². The van der Waals surface area contributed by atoms with Crippen LogP contribution in [0.3, 0.4) is 0 Å². The van der Waals surface area contributed by atoms with Crippen LogP contribution in [-0.4, -0.2) is 32.1 Å². The molecule has 0 unspecified atom stereocenters. The molecule has 0 amide bonds. The lowest BCUT2D eigenvalue weighted by molar-refractivity contribution is -0.144. The number of Topliss-reactive ketones (excluding diaryl/α,β-unsaturated/α-hetero) is 1. The molecule has 0 atom stereocenters. The van der Waals surface area contributed by atoms with Crippen molar-refractivity contribution in [3.05, 3.63) is 59.2 Å². The fourth-order valence-corrected chi connectivity index (χ4v) is 2.46. The maximum atomic E-state index is 12.2. The summed E-state index contributed by atoms with van der Waals surface area (Å²) in [5.41, 5.74) is 2.68. The number of benzene rings is 2. The maximum absolute atomic E-state index is 12.2. The highest BCUT2D eigenvalue weighted by Gasteiger charge is 2.15. The Morgan fingerprint density at radius 2 is 1.59 bits per heavy atom. The van der Waals surface area contributed by atoms with Crippen molar-refractivity contribution in [2.24, 2.45) is 0 Å². The molecule has 0 aliphatic heterocycles. The molecule has 0 bridgehead atoms. The average molecular weight is 370 g/mol. The van der Waals surface area contributed by atoms with Gasteiger partial charge in [-0.2, -0.15) is 0 Å². The lowest BCUT2D eigenvalue weighted by Gasteiger charge is -2.18. The molecule has 5 nitrogen and oxygen atoms in total. The Balaban J connectivity index is 1.85. The molecule has 2 aromatic rings. The lowest BCUT2D eigenvalue weighted by Crippen LogP contribution is -2.20. The van der Waals surface area contributed by atoms with E-state index in [0.717, 1.165) is 11.1 Å². The van der Waals surface area contributed by atoms with Crippen molar-refractivity contribution in [3.8, 4) is 11.5 Å². The molecule has 0 aliphatic rings. The first-order valence-corrected chi connectivity index (χ1v) is 8.77. The third-order valence-corrected chi connectivity index (χ3v) is 4.10. The van der Waals surface area contributed by atoms with Gasteiger partial charge in [-0.05, 0) is 35.6 Å². The Kier molecular flexibility index (Phi) is 6.61. The molecule has 0 fully saturated rings. The lowest BCUT2D eigenvalue weighted by atomic mass is 9.86. The number of esters is 1. The zero-order valence-corrected chi connectivity index (χ0v) is 16.5. The molecule has 2 aromatic carbocycles. The second-order valence-corrected chi connectivity index (χ2v) is 7.35. The largest absolute Gasteiger partial charge is 0.493 e. The van der Waals surface area contributed by atoms with Gasteiger partial charge in [-0.15, -0.1) is 0 Å². The number of carbonyl (C=O) groups excluding carboxylic acids is 2. The van der Waals surface area contributed by atoms with Gasteiger partial charge in [0.2, 0.25) is 0 Å². The first kappa shape index (κ1) is 20.5. The molecular formula is C22H26O5. The Bertz CT molecular complexity index is 800. The molecular weight excluding hydrogens is 344 g/mol. The summed E-state index contributed by atoms with van der Waals surface area (Å²) in [7, 11) is 1.53. The zero-order valence-electron chi connectivity index (χ0n) is 16.5. The average Bonchev–Trinajstić information content (AvgIpc) is 2.64. The fourth-order valence-electron chi connectivity index (χ4n) is 2.46. The summed E-state index contributed by atoms with van der Waals surface area (Å²) < 4.78 is 15.7. The van der Waals surface area contributed by atoms with E-state index < -0.39 is 5.97 Å². The normalized spacial score (nSPS) is 11.0. The minimum atomic E-state index is -0.614. The summed E-state index contributed by atoms with van der Waals surface area (Å²) in [6.07, 6.45) is 0. The predicted octanol–water partition coefficient (Wildman–Crippen LogP) is 4.11. The quantitative estimate of drug-likeness (QED) is 0.542. The highest BCUT2D eigenvalue weighted by atomic mass is 16.6. The van der Waals surface area contributed by atoms with E-state index in [-0.39, 0.29) is 24.4 Å². The van der Waals surface area contributed by atoms with E-state index in [9.17, 15) is 9.59 Å². The van der Waals surface area contributed by atoms with Crippen LogP contribution in [0.4, 0.5) is 0 Å². The van der Waals surface area contributed by atoms with Gasteiger partial charge in [0.25, 0.3) is 0 Å². The number of ether oxygens (including phenoxy) is 3. The second-order valence-electron chi connectivity index (χ2n) is 7.35. The Morgan fingerprint density at radius 3 is 2.19 bits per heavy atom. The van der Waals surface area contributed by atoms with Crippen molar-refractivity contribution < 1.29 is 23.8 Å². The third-order valence-electron chi connectivity index (χ3n) is 4.10. The summed E-state index contributed by atoms with van der Waals surface area (Å²) in [5.74, 6) is 0.121. The van der Waals surface area contributed by atoms with Crippen LogP contribution in [0.25, 0.3) is 0 Å². The SMILES string of the molecule is COc1cc(C)ccc1OCC(=O)OCC(=O)c1ccc(C(C)(C)C)cc1. The van der Waals surface area contributed by atoms with Crippen LogP contribution in [0.15, 0.2) is 42.5 Å². The molecule has 0 spiro atoms. The van der Waals surface area contributed by atoms with Gasteiger partial charge in [-0.3, -0.25) is 4.79 Å². The summed E-state index contributed by atoms with van der Waals surface area (Å²) in [6, 6.07) is 12.7. The number of aryl methyl sites for hydroxylation is 1. The van der Waals surface area contributed by atoms with Crippen molar-refractivity contribution in [3.63, 3.8) is 0 Å². The Hall–Kier alpha value is -2.82. The van der Waals surface area contributed by atoms with Crippen LogP contribution in [-0.2, 0) is 14.9 Å². The van der Waals surface area contributed by atoms with Crippen LogP contribution in [0.1, 0.15) is 42.3 Å². The molecule has 144 valence electrons. The zero-order chi connectivity index (χ0) is 20.0. The van der Waals surface area contributed by atoms with Crippen molar-refractivity contribution >= 4 is 11.8 Å². The highest BCUT2D eigenvalue weighted by molar-refractivity contribution is 5.98. The topological polar surface area (TPSA) is 61.8 Å². The third kappa shape index (κ3) is 5.84. The summed E-state index contributed by atoms with van der Waals surface area (Å²) in [4.78, 5) is 24.0. The Labute approximate surface area is 160 Å². The molecule has 0 aliphatic carbocycles. The summed E-state index contributed by atoms with van der Waals surface area (Å²) >= 11 is 0. The molecule has 5 heteroatoms. The molecule has 0 aromatic heterocycles.